The third-order valence-corrected chi connectivity index (χ3v) is 6.56. The van der Waals surface area contributed by atoms with Crippen molar-refractivity contribution in [1.29, 1.82) is 0 Å². The second kappa shape index (κ2) is 8.74. The standard InChI is InChI=1S/C22H23F3N4OS/c23-22(24,25)17-9-8-16-18(26)19(31-21(16)28-17)20(30)27-11-10-14-4-6-15(7-5-14)29-12-2-1-3-13-29/h4-9H,1-3,10-13,26H2,(H,27,30). The molecule has 4 rings (SSSR count). The summed E-state index contributed by atoms with van der Waals surface area (Å²) in [6, 6.07) is 10.5. The maximum absolute atomic E-state index is 12.9. The predicted molar refractivity (Wildman–Crippen MR) is 118 cm³/mol. The van der Waals surface area contributed by atoms with Gasteiger partial charge in [-0.15, -0.1) is 11.3 Å². The minimum absolute atomic E-state index is 0.103. The number of thiophene rings is 1. The van der Waals surface area contributed by atoms with Gasteiger partial charge in [0, 0.05) is 30.7 Å². The van der Waals surface area contributed by atoms with Crippen LogP contribution in [0.4, 0.5) is 24.5 Å². The minimum Gasteiger partial charge on any atom is -0.397 e. The van der Waals surface area contributed by atoms with E-state index in [1.165, 1.54) is 31.0 Å². The Morgan fingerprint density at radius 1 is 1.10 bits per heavy atom. The lowest BCUT2D eigenvalue weighted by molar-refractivity contribution is -0.140. The van der Waals surface area contributed by atoms with Crippen LogP contribution in [-0.2, 0) is 12.6 Å². The molecular formula is C22H23F3N4OS. The number of halogens is 3. The molecule has 3 heterocycles. The van der Waals surface area contributed by atoms with Crippen LogP contribution in [0.5, 0.6) is 0 Å². The second-order valence-corrected chi connectivity index (χ2v) is 8.61. The molecule has 1 amide bonds. The van der Waals surface area contributed by atoms with Crippen molar-refractivity contribution in [3.05, 3.63) is 52.5 Å². The summed E-state index contributed by atoms with van der Waals surface area (Å²) in [7, 11) is 0. The van der Waals surface area contributed by atoms with Crippen LogP contribution in [-0.4, -0.2) is 30.5 Å². The number of carbonyl (C=O) groups excluding carboxylic acids is 1. The molecule has 0 aliphatic carbocycles. The van der Waals surface area contributed by atoms with Crippen LogP contribution < -0.4 is 16.0 Å². The fraction of sp³-hybridized carbons (Fsp3) is 0.364. The molecule has 3 aromatic rings. The number of rotatable bonds is 5. The molecule has 5 nitrogen and oxygen atoms in total. The van der Waals surface area contributed by atoms with Crippen molar-refractivity contribution in [3.63, 3.8) is 0 Å². The number of benzene rings is 1. The molecule has 0 radical (unpaired) electrons. The number of hydrogen-bond donors (Lipinski definition) is 2. The van der Waals surface area contributed by atoms with Gasteiger partial charge in [0.1, 0.15) is 15.4 Å². The zero-order chi connectivity index (χ0) is 22.0. The third kappa shape index (κ3) is 4.76. The molecule has 0 atom stereocenters. The molecule has 1 saturated heterocycles. The van der Waals surface area contributed by atoms with E-state index in [-0.39, 0.29) is 15.4 Å². The van der Waals surface area contributed by atoms with Gasteiger partial charge in [-0.25, -0.2) is 4.98 Å². The van der Waals surface area contributed by atoms with Crippen LogP contribution in [0.25, 0.3) is 10.2 Å². The Labute approximate surface area is 182 Å². The molecule has 0 bridgehead atoms. The van der Waals surface area contributed by atoms with Crippen LogP contribution in [0.2, 0.25) is 0 Å². The normalized spacial score (nSPS) is 14.7. The highest BCUT2D eigenvalue weighted by Crippen LogP contribution is 2.35. The summed E-state index contributed by atoms with van der Waals surface area (Å²) in [5.41, 5.74) is 7.47. The maximum atomic E-state index is 12.9. The van der Waals surface area contributed by atoms with Crippen LogP contribution in [0, 0.1) is 0 Å². The van der Waals surface area contributed by atoms with Gasteiger partial charge in [0.05, 0.1) is 5.69 Å². The zero-order valence-electron chi connectivity index (χ0n) is 16.8. The van der Waals surface area contributed by atoms with E-state index in [1.54, 1.807) is 0 Å². The van der Waals surface area contributed by atoms with E-state index < -0.39 is 17.8 Å². The molecule has 9 heteroatoms. The molecule has 1 fully saturated rings. The average molecular weight is 449 g/mol. The van der Waals surface area contributed by atoms with Gasteiger partial charge in [0.2, 0.25) is 0 Å². The summed E-state index contributed by atoms with van der Waals surface area (Å²) < 4.78 is 38.6. The smallest absolute Gasteiger partial charge is 0.397 e. The van der Waals surface area contributed by atoms with Crippen LogP contribution >= 0.6 is 11.3 Å². The number of piperidine rings is 1. The minimum atomic E-state index is -4.54. The van der Waals surface area contributed by atoms with E-state index in [0.29, 0.717) is 18.4 Å². The second-order valence-electron chi connectivity index (χ2n) is 7.61. The number of anilines is 2. The van der Waals surface area contributed by atoms with Crippen molar-refractivity contribution in [3.8, 4) is 0 Å². The van der Waals surface area contributed by atoms with Gasteiger partial charge in [-0.3, -0.25) is 4.79 Å². The van der Waals surface area contributed by atoms with Gasteiger partial charge in [0.15, 0.2) is 0 Å². The highest BCUT2D eigenvalue weighted by atomic mass is 32.1. The van der Waals surface area contributed by atoms with Gasteiger partial charge in [-0.1, -0.05) is 12.1 Å². The van der Waals surface area contributed by atoms with Crippen molar-refractivity contribution in [2.24, 2.45) is 0 Å². The van der Waals surface area contributed by atoms with Gasteiger partial charge in [-0.2, -0.15) is 13.2 Å². The van der Waals surface area contributed by atoms with Gasteiger partial charge >= 0.3 is 6.18 Å². The highest BCUT2D eigenvalue weighted by molar-refractivity contribution is 7.21. The molecule has 0 spiro atoms. The largest absolute Gasteiger partial charge is 0.433 e. The van der Waals surface area contributed by atoms with E-state index in [2.05, 4.69) is 39.5 Å². The summed E-state index contributed by atoms with van der Waals surface area (Å²) >= 11 is 0.873. The third-order valence-electron chi connectivity index (χ3n) is 5.45. The summed E-state index contributed by atoms with van der Waals surface area (Å²) in [6.45, 7) is 2.58. The van der Waals surface area contributed by atoms with Gasteiger partial charge in [0.25, 0.3) is 5.91 Å². The molecule has 1 aromatic carbocycles. The summed E-state index contributed by atoms with van der Waals surface area (Å²) in [6.07, 6.45) is -0.159. The number of amides is 1. The molecule has 0 unspecified atom stereocenters. The topological polar surface area (TPSA) is 71.2 Å². The van der Waals surface area contributed by atoms with Crippen molar-refractivity contribution in [2.75, 3.05) is 30.3 Å². The number of pyridine rings is 1. The summed E-state index contributed by atoms with van der Waals surface area (Å²) in [5.74, 6) is -0.404. The molecule has 3 N–H and O–H groups in total. The summed E-state index contributed by atoms with van der Waals surface area (Å²) in [5, 5.41) is 3.16. The van der Waals surface area contributed by atoms with Crippen molar-refractivity contribution in [2.45, 2.75) is 31.9 Å². The maximum Gasteiger partial charge on any atom is 0.433 e. The first-order valence-electron chi connectivity index (χ1n) is 10.2. The molecule has 1 aliphatic rings. The van der Waals surface area contributed by atoms with Crippen LogP contribution in [0.15, 0.2) is 36.4 Å². The number of nitrogens with two attached hydrogens (primary N) is 1. The summed E-state index contributed by atoms with van der Waals surface area (Å²) in [4.78, 5) is 18.8. The van der Waals surface area contributed by atoms with Crippen molar-refractivity contribution in [1.82, 2.24) is 10.3 Å². The number of fused-ring (bicyclic) bond motifs is 1. The van der Waals surface area contributed by atoms with Crippen LogP contribution in [0.1, 0.15) is 40.2 Å². The SMILES string of the molecule is Nc1c(C(=O)NCCc2ccc(N3CCCCC3)cc2)sc2nc(C(F)(F)F)ccc12. The number of aromatic nitrogens is 1. The Hall–Kier alpha value is -2.81. The Balaban J connectivity index is 1.37. The molecule has 2 aromatic heterocycles. The molecule has 1 aliphatic heterocycles. The first-order valence-corrected chi connectivity index (χ1v) is 11.0. The van der Waals surface area contributed by atoms with Crippen molar-refractivity contribution < 1.29 is 18.0 Å². The highest BCUT2D eigenvalue weighted by Gasteiger charge is 2.33. The van der Waals surface area contributed by atoms with Gasteiger partial charge in [-0.05, 0) is 55.5 Å². The number of nitrogen functional groups attached to an aromatic ring is 1. The zero-order valence-corrected chi connectivity index (χ0v) is 17.7. The molecule has 164 valence electrons. The number of nitrogens with one attached hydrogen (secondary N) is 1. The van der Waals surface area contributed by atoms with E-state index in [1.807, 2.05) is 0 Å². The first kappa shape index (κ1) is 21.4. The fourth-order valence-electron chi connectivity index (χ4n) is 3.75. The van der Waals surface area contributed by atoms with Crippen LogP contribution in [0.3, 0.4) is 0 Å². The van der Waals surface area contributed by atoms with E-state index in [9.17, 15) is 18.0 Å². The quantitative estimate of drug-likeness (QED) is 0.585. The van der Waals surface area contributed by atoms with E-state index in [4.69, 9.17) is 5.73 Å². The van der Waals surface area contributed by atoms with Gasteiger partial charge < -0.3 is 16.0 Å². The number of hydrogen-bond acceptors (Lipinski definition) is 5. The average Bonchev–Trinajstić information content (AvgIpc) is 3.10. The molecule has 0 saturated carbocycles. The molecular weight excluding hydrogens is 425 g/mol. The fourth-order valence-corrected chi connectivity index (χ4v) is 4.76. The number of nitrogens with zero attached hydrogens (tertiary/aromatic N) is 2. The number of carbonyl (C=O) groups is 1. The number of alkyl halides is 3. The Morgan fingerprint density at radius 3 is 2.48 bits per heavy atom. The molecule has 31 heavy (non-hydrogen) atoms. The first-order chi connectivity index (χ1) is 14.8. The predicted octanol–water partition coefficient (Wildman–Crippen LogP) is 4.86. The Morgan fingerprint density at radius 2 is 1.81 bits per heavy atom. The Bertz CT molecular complexity index is 1070. The van der Waals surface area contributed by atoms with E-state index >= 15 is 0 Å². The van der Waals surface area contributed by atoms with E-state index in [0.717, 1.165) is 36.1 Å². The lowest BCUT2D eigenvalue weighted by Gasteiger charge is -2.28. The van der Waals surface area contributed by atoms with Crippen molar-refractivity contribution >= 4 is 38.8 Å². The monoisotopic (exact) mass is 448 g/mol. The lowest BCUT2D eigenvalue weighted by atomic mass is 10.1. The Kier molecular flexibility index (Phi) is 6.04. The lowest BCUT2D eigenvalue weighted by Crippen LogP contribution is -2.29.